The molecule has 6 aromatic carbocycles. The molecule has 6 heteroatoms. The van der Waals surface area contributed by atoms with Crippen molar-refractivity contribution < 1.29 is 19.8 Å². The van der Waals surface area contributed by atoms with Gasteiger partial charge in [-0.3, -0.25) is 0 Å². The zero-order valence-electron chi connectivity index (χ0n) is 34.2. The summed E-state index contributed by atoms with van der Waals surface area (Å²) in [5.74, 6) is -2.73. The summed E-state index contributed by atoms with van der Waals surface area (Å²) < 4.78 is 0. The van der Waals surface area contributed by atoms with Crippen LogP contribution in [0, 0.1) is 41.5 Å². The van der Waals surface area contributed by atoms with Gasteiger partial charge in [-0.1, -0.05) is 109 Å². The van der Waals surface area contributed by atoms with E-state index in [0.717, 1.165) is 12.3 Å². The number of hydrogen-bond acceptors (Lipinski definition) is 4. The van der Waals surface area contributed by atoms with Crippen LogP contribution in [0.5, 0.6) is 0 Å². The van der Waals surface area contributed by atoms with Crippen LogP contribution in [-0.2, 0) is 9.59 Å². The van der Waals surface area contributed by atoms with Gasteiger partial charge >= 0.3 is 0 Å². The molecular weight excluding hydrogens is 726 g/mol. The molecule has 0 aliphatic carbocycles. The molecular formula is C50H56O4P2. The second kappa shape index (κ2) is 20.3. The molecule has 0 amide bonds. The maximum Gasteiger partial charge on any atom is 0.112 e. The van der Waals surface area contributed by atoms with E-state index in [1.165, 1.54) is 65.2 Å². The Morgan fingerprint density at radius 1 is 0.357 bits per heavy atom. The number of hydrogen-bond donors (Lipinski definition) is 0. The minimum atomic E-state index is -1.65. The third-order valence-electron chi connectivity index (χ3n) is 10.6. The van der Waals surface area contributed by atoms with Crippen LogP contribution in [0.25, 0.3) is 0 Å². The molecule has 0 unspecified atom stereocenters. The van der Waals surface area contributed by atoms with Crippen LogP contribution in [0.1, 0.15) is 60.1 Å². The molecule has 56 heavy (non-hydrogen) atoms. The molecule has 0 saturated carbocycles. The predicted molar refractivity (Wildman–Crippen MR) is 239 cm³/mol. The van der Waals surface area contributed by atoms with E-state index in [0.29, 0.717) is 0 Å². The Bertz CT molecular complexity index is 1860. The largest absolute Gasteiger partial charge is 0.550 e. The number of carbonyl (C=O) groups is 2. The zero-order chi connectivity index (χ0) is 40.9. The van der Waals surface area contributed by atoms with Gasteiger partial charge in [0.25, 0.3) is 0 Å². The van der Waals surface area contributed by atoms with Gasteiger partial charge in [0.2, 0.25) is 0 Å². The fraction of sp³-hybridized carbons (Fsp3) is 0.240. The van der Waals surface area contributed by atoms with Gasteiger partial charge in [-0.15, -0.1) is 0 Å². The van der Waals surface area contributed by atoms with Crippen molar-refractivity contribution in [1.82, 2.24) is 0 Å². The molecule has 0 aliphatic heterocycles. The van der Waals surface area contributed by atoms with E-state index in [4.69, 9.17) is 0 Å². The number of rotatable bonds is 11. The monoisotopic (exact) mass is 782 g/mol. The summed E-state index contributed by atoms with van der Waals surface area (Å²) in [6.07, 6.45) is 1.35. The summed E-state index contributed by atoms with van der Waals surface area (Å²) in [6.45, 7) is 18.3. The van der Waals surface area contributed by atoms with Crippen LogP contribution in [0.15, 0.2) is 146 Å². The number of carbonyl (C=O) groups excluding carboxylic acids is 2. The number of benzene rings is 6. The quantitative estimate of drug-likeness (QED) is 0.131. The van der Waals surface area contributed by atoms with Crippen molar-refractivity contribution in [1.29, 1.82) is 0 Å². The molecule has 0 atom stereocenters. The van der Waals surface area contributed by atoms with E-state index in [1.54, 1.807) is 0 Å². The van der Waals surface area contributed by atoms with Gasteiger partial charge in [0.15, 0.2) is 0 Å². The topological polar surface area (TPSA) is 80.3 Å². The molecule has 6 aromatic rings. The Labute approximate surface area is 336 Å². The highest BCUT2D eigenvalue weighted by molar-refractivity contribution is 7.96. The first-order valence-corrected chi connectivity index (χ1v) is 23.3. The van der Waals surface area contributed by atoms with Gasteiger partial charge in [-0.2, -0.15) is 0 Å². The SMILES string of the molecule is CC[P+](c1ccccc1C)(c1ccccc1C)c1ccccc1C.CC[P+](c1ccccc1C)(c1ccccc1C)c1ccccc1C.O=C([O-])CCC(=O)[O-]. The third kappa shape index (κ3) is 9.73. The van der Waals surface area contributed by atoms with Crippen molar-refractivity contribution in [2.75, 3.05) is 12.3 Å². The van der Waals surface area contributed by atoms with E-state index in [-0.39, 0.29) is 0 Å². The smallest absolute Gasteiger partial charge is 0.112 e. The molecule has 0 aliphatic rings. The van der Waals surface area contributed by atoms with Crippen LogP contribution in [-0.4, -0.2) is 24.3 Å². The highest BCUT2D eigenvalue weighted by atomic mass is 31.2. The van der Waals surface area contributed by atoms with Crippen molar-refractivity contribution >= 4 is 58.3 Å². The van der Waals surface area contributed by atoms with Gasteiger partial charge in [0.05, 0.1) is 12.3 Å². The molecule has 0 N–H and O–H groups in total. The summed E-state index contributed by atoms with van der Waals surface area (Å²) >= 11 is 0. The third-order valence-corrected chi connectivity index (χ3v) is 20.5. The predicted octanol–water partition coefficient (Wildman–Crippen LogP) is 7.12. The van der Waals surface area contributed by atoms with E-state index in [9.17, 15) is 19.8 Å². The minimum absolute atomic E-state index is 0.470. The summed E-state index contributed by atoms with van der Waals surface area (Å²) in [6, 6.07) is 53.8. The molecule has 290 valence electrons. The molecule has 0 radical (unpaired) electrons. The molecule has 0 saturated heterocycles. The van der Waals surface area contributed by atoms with E-state index in [2.05, 4.69) is 201 Å². The normalized spacial score (nSPS) is 11.1. The van der Waals surface area contributed by atoms with Crippen LogP contribution >= 0.6 is 14.5 Å². The highest BCUT2D eigenvalue weighted by Gasteiger charge is 2.47. The second-order valence-electron chi connectivity index (χ2n) is 14.2. The van der Waals surface area contributed by atoms with Gasteiger partial charge < -0.3 is 19.8 Å². The lowest BCUT2D eigenvalue weighted by Gasteiger charge is -2.30. The molecule has 0 heterocycles. The van der Waals surface area contributed by atoms with Crippen LogP contribution < -0.4 is 42.0 Å². The Morgan fingerprint density at radius 3 is 0.643 bits per heavy atom. The average molecular weight is 783 g/mol. The standard InChI is InChI=1S/2C23H26P.C4H6O4/c2*1-5-24(21-15-9-6-12-18(21)2,22-16-10-7-13-19(22)3)23-17-11-8-14-20(23)4;5-3(6)1-2-4(7)8/h2*6-17H,5H2,1-4H3;1-2H2,(H,5,6)(H,7,8)/q2*+1;/p-2. The lowest BCUT2D eigenvalue weighted by Crippen LogP contribution is -2.36. The second-order valence-corrected chi connectivity index (χ2v) is 21.6. The zero-order valence-corrected chi connectivity index (χ0v) is 36.0. The summed E-state index contributed by atoms with van der Waals surface area (Å²) in [7, 11) is -3.29. The highest BCUT2D eigenvalue weighted by Crippen LogP contribution is 2.58. The van der Waals surface area contributed by atoms with Crippen molar-refractivity contribution in [3.05, 3.63) is 179 Å². The summed E-state index contributed by atoms with van der Waals surface area (Å²) in [4.78, 5) is 19.0. The molecule has 0 fully saturated rings. The molecule has 0 spiro atoms. The van der Waals surface area contributed by atoms with E-state index < -0.39 is 39.3 Å². The fourth-order valence-corrected chi connectivity index (χ4v) is 17.7. The number of aryl methyl sites for hydroxylation is 6. The number of carboxylic acid groups (broad SMARTS) is 2. The van der Waals surface area contributed by atoms with Crippen LogP contribution in [0.3, 0.4) is 0 Å². The van der Waals surface area contributed by atoms with Gasteiger partial charge in [-0.25, -0.2) is 0 Å². The van der Waals surface area contributed by atoms with Gasteiger partial charge in [-0.05, 0) is 138 Å². The van der Waals surface area contributed by atoms with Crippen molar-refractivity contribution in [3.63, 3.8) is 0 Å². The number of aliphatic carboxylic acids is 2. The van der Waals surface area contributed by atoms with Crippen molar-refractivity contribution in [3.8, 4) is 0 Å². The first-order valence-electron chi connectivity index (χ1n) is 19.4. The summed E-state index contributed by atoms with van der Waals surface area (Å²) in [5.41, 5.74) is 8.41. The Balaban J connectivity index is 0.000000209. The fourth-order valence-electron chi connectivity index (χ4n) is 7.96. The number of carboxylic acids is 2. The van der Waals surface area contributed by atoms with Crippen molar-refractivity contribution in [2.45, 2.75) is 68.2 Å². The lowest BCUT2D eigenvalue weighted by molar-refractivity contribution is -0.315. The summed E-state index contributed by atoms with van der Waals surface area (Å²) in [5, 5.41) is 28.1. The Kier molecular flexibility index (Phi) is 15.9. The minimum Gasteiger partial charge on any atom is -0.550 e. The molecule has 0 bridgehead atoms. The maximum absolute atomic E-state index is 9.50. The molecule has 4 nitrogen and oxygen atoms in total. The molecule has 6 rings (SSSR count). The van der Waals surface area contributed by atoms with Gasteiger partial charge in [0.1, 0.15) is 46.4 Å². The first kappa shape index (κ1) is 43.8. The Hall–Kier alpha value is -4.88. The molecule has 0 aromatic heterocycles. The average Bonchev–Trinajstić information content (AvgIpc) is 3.19. The van der Waals surface area contributed by atoms with Gasteiger partial charge in [0, 0.05) is 11.9 Å². The maximum atomic E-state index is 9.50. The van der Waals surface area contributed by atoms with Crippen LogP contribution in [0.4, 0.5) is 0 Å². The van der Waals surface area contributed by atoms with Crippen LogP contribution in [0.2, 0.25) is 0 Å². The van der Waals surface area contributed by atoms with E-state index >= 15 is 0 Å². The Morgan fingerprint density at radius 2 is 0.518 bits per heavy atom. The first-order chi connectivity index (χ1) is 26.8. The lowest BCUT2D eigenvalue weighted by atomic mass is 10.2. The van der Waals surface area contributed by atoms with Crippen molar-refractivity contribution in [2.24, 2.45) is 0 Å². The van der Waals surface area contributed by atoms with E-state index in [1.807, 2.05) is 0 Å².